The van der Waals surface area contributed by atoms with Crippen molar-refractivity contribution in [3.8, 4) is 11.1 Å². The van der Waals surface area contributed by atoms with Gasteiger partial charge in [-0.15, -0.1) is 0 Å². The molecule has 1 aliphatic heterocycles. The molecule has 3 aromatic rings. The summed E-state index contributed by atoms with van der Waals surface area (Å²) in [6.45, 7) is 11.1. The van der Waals surface area contributed by atoms with Crippen molar-refractivity contribution < 1.29 is 14.3 Å². The highest BCUT2D eigenvalue weighted by atomic mass is 16.6. The molecule has 0 spiro atoms. The highest BCUT2D eigenvalue weighted by Crippen LogP contribution is 2.39. The molecule has 1 aliphatic rings. The van der Waals surface area contributed by atoms with Gasteiger partial charge in [-0.1, -0.05) is 42.5 Å². The summed E-state index contributed by atoms with van der Waals surface area (Å²) in [5, 5.41) is 1.13. The van der Waals surface area contributed by atoms with Gasteiger partial charge in [-0.3, -0.25) is 4.98 Å². The lowest BCUT2D eigenvalue weighted by Crippen LogP contribution is -2.56. The fourth-order valence-corrected chi connectivity index (χ4v) is 4.95. The number of benzene rings is 2. The summed E-state index contributed by atoms with van der Waals surface area (Å²) in [6.07, 6.45) is 4.49. The SMILES string of the molecule is CCOC(C)(c1ccc(-c2ccc3cccnc3c2)cc1)C1CCCCN1C(=O)OC(C)(C)C. The first-order chi connectivity index (χ1) is 16.2. The summed E-state index contributed by atoms with van der Waals surface area (Å²) in [7, 11) is 0. The maximum absolute atomic E-state index is 13.1. The van der Waals surface area contributed by atoms with E-state index in [2.05, 4.69) is 60.4 Å². The zero-order chi connectivity index (χ0) is 24.3. The predicted molar refractivity (Wildman–Crippen MR) is 137 cm³/mol. The fraction of sp³-hybridized carbons (Fsp3) is 0.448. The largest absolute Gasteiger partial charge is 0.444 e. The standard InChI is InChI=1S/C29H36N2O3/c1-6-33-29(5,26-11-7-8-19-31(26)27(32)34-28(2,3)4)24-16-14-21(15-17-24)23-13-12-22-10-9-18-30-25(22)20-23/h9-10,12-18,20,26H,6-8,11,19H2,1-5H3. The molecule has 0 saturated carbocycles. The van der Waals surface area contributed by atoms with Crippen LogP contribution in [0.5, 0.6) is 0 Å². The second-order valence-electron chi connectivity index (χ2n) is 10.2. The quantitative estimate of drug-likeness (QED) is 0.414. The fourth-order valence-electron chi connectivity index (χ4n) is 4.95. The minimum atomic E-state index is -0.629. The first-order valence-corrected chi connectivity index (χ1v) is 12.3. The number of rotatable bonds is 5. The molecule has 2 unspecified atom stereocenters. The Kier molecular flexibility index (Phi) is 6.94. The maximum atomic E-state index is 13.1. The van der Waals surface area contributed by atoms with Crippen molar-refractivity contribution in [1.29, 1.82) is 0 Å². The number of ether oxygens (including phenoxy) is 2. The molecular formula is C29H36N2O3. The van der Waals surface area contributed by atoms with E-state index in [0.29, 0.717) is 13.2 Å². The van der Waals surface area contributed by atoms with Crippen LogP contribution in [0.4, 0.5) is 4.79 Å². The minimum Gasteiger partial charge on any atom is -0.444 e. The Bertz CT molecular complexity index is 1140. The first-order valence-electron chi connectivity index (χ1n) is 12.3. The average Bonchev–Trinajstić information content (AvgIpc) is 2.83. The van der Waals surface area contributed by atoms with Gasteiger partial charge < -0.3 is 14.4 Å². The van der Waals surface area contributed by atoms with Crippen molar-refractivity contribution in [3.63, 3.8) is 0 Å². The molecule has 0 aliphatic carbocycles. The van der Waals surface area contributed by atoms with Gasteiger partial charge in [0, 0.05) is 24.7 Å². The lowest BCUT2D eigenvalue weighted by atomic mass is 9.81. The van der Waals surface area contributed by atoms with E-state index in [9.17, 15) is 4.79 Å². The van der Waals surface area contributed by atoms with Crippen molar-refractivity contribution in [2.45, 2.75) is 71.1 Å². The molecule has 2 atom stereocenters. The third kappa shape index (κ3) is 5.10. The number of hydrogen-bond donors (Lipinski definition) is 0. The lowest BCUT2D eigenvalue weighted by Gasteiger charge is -2.46. The van der Waals surface area contributed by atoms with Crippen LogP contribution in [0.2, 0.25) is 0 Å². The smallest absolute Gasteiger partial charge is 0.410 e. The Balaban J connectivity index is 1.65. The second kappa shape index (κ2) is 9.75. The van der Waals surface area contributed by atoms with Gasteiger partial charge in [0.2, 0.25) is 0 Å². The number of pyridine rings is 1. The van der Waals surface area contributed by atoms with Gasteiger partial charge in [-0.2, -0.15) is 0 Å². The van der Waals surface area contributed by atoms with Crippen LogP contribution in [0.3, 0.4) is 0 Å². The third-order valence-electron chi connectivity index (χ3n) is 6.61. The van der Waals surface area contributed by atoms with Crippen molar-refractivity contribution >= 4 is 17.0 Å². The van der Waals surface area contributed by atoms with Gasteiger partial charge in [-0.05, 0) is 82.7 Å². The predicted octanol–water partition coefficient (Wildman–Crippen LogP) is 6.94. The molecule has 0 N–H and O–H groups in total. The maximum Gasteiger partial charge on any atom is 0.410 e. The van der Waals surface area contributed by atoms with Crippen molar-refractivity contribution in [3.05, 3.63) is 66.4 Å². The molecule has 1 amide bonds. The van der Waals surface area contributed by atoms with Crippen LogP contribution in [-0.2, 0) is 15.1 Å². The number of carbonyl (C=O) groups is 1. The van der Waals surface area contributed by atoms with Gasteiger partial charge in [0.15, 0.2) is 0 Å². The van der Waals surface area contributed by atoms with Crippen LogP contribution < -0.4 is 0 Å². The van der Waals surface area contributed by atoms with Gasteiger partial charge in [0.1, 0.15) is 11.2 Å². The first kappa shape index (κ1) is 24.2. The average molecular weight is 461 g/mol. The van der Waals surface area contributed by atoms with Gasteiger partial charge in [0.25, 0.3) is 0 Å². The summed E-state index contributed by atoms with van der Waals surface area (Å²) in [5.41, 5.74) is 3.15. The van der Waals surface area contributed by atoms with Crippen LogP contribution in [0.1, 0.15) is 59.4 Å². The molecule has 2 heterocycles. The van der Waals surface area contributed by atoms with E-state index in [0.717, 1.165) is 46.9 Å². The Morgan fingerprint density at radius 3 is 2.47 bits per heavy atom. The number of amides is 1. The number of hydrogen-bond acceptors (Lipinski definition) is 4. The molecule has 5 heteroatoms. The number of nitrogens with zero attached hydrogens (tertiary/aromatic N) is 2. The van der Waals surface area contributed by atoms with Crippen LogP contribution >= 0.6 is 0 Å². The molecule has 1 saturated heterocycles. The Morgan fingerprint density at radius 1 is 1.03 bits per heavy atom. The Hall–Kier alpha value is -2.92. The Labute approximate surface area is 203 Å². The number of likely N-dealkylation sites (tertiary alicyclic amines) is 1. The van der Waals surface area contributed by atoms with Crippen LogP contribution in [0.15, 0.2) is 60.8 Å². The van der Waals surface area contributed by atoms with Crippen LogP contribution in [0, 0.1) is 0 Å². The monoisotopic (exact) mass is 460 g/mol. The van der Waals surface area contributed by atoms with Gasteiger partial charge in [0.05, 0.1) is 11.6 Å². The van der Waals surface area contributed by atoms with E-state index in [1.54, 1.807) is 0 Å². The molecule has 0 radical (unpaired) electrons. The normalized spacial score (nSPS) is 18.5. The molecular weight excluding hydrogens is 424 g/mol. The summed E-state index contributed by atoms with van der Waals surface area (Å²) in [4.78, 5) is 19.5. The van der Waals surface area contributed by atoms with Crippen molar-refractivity contribution in [2.75, 3.05) is 13.2 Å². The van der Waals surface area contributed by atoms with Crippen molar-refractivity contribution in [1.82, 2.24) is 9.88 Å². The second-order valence-corrected chi connectivity index (χ2v) is 10.2. The zero-order valence-corrected chi connectivity index (χ0v) is 21.0. The third-order valence-corrected chi connectivity index (χ3v) is 6.61. The summed E-state index contributed by atoms with van der Waals surface area (Å²) >= 11 is 0. The van der Waals surface area contributed by atoms with E-state index in [4.69, 9.17) is 9.47 Å². The molecule has 1 aromatic heterocycles. The number of carbonyl (C=O) groups excluding carboxylic acids is 1. The minimum absolute atomic E-state index is 0.0910. The van der Waals surface area contributed by atoms with E-state index < -0.39 is 11.2 Å². The highest BCUT2D eigenvalue weighted by molar-refractivity contribution is 5.84. The molecule has 180 valence electrons. The topological polar surface area (TPSA) is 51.7 Å². The number of aromatic nitrogens is 1. The van der Waals surface area contributed by atoms with E-state index in [-0.39, 0.29) is 12.1 Å². The summed E-state index contributed by atoms with van der Waals surface area (Å²) < 4.78 is 12.2. The lowest BCUT2D eigenvalue weighted by molar-refractivity contribution is -0.103. The number of piperidine rings is 1. The molecule has 0 bridgehead atoms. The van der Waals surface area contributed by atoms with Crippen LogP contribution in [-0.4, -0.2) is 40.8 Å². The molecule has 34 heavy (non-hydrogen) atoms. The van der Waals surface area contributed by atoms with E-state index >= 15 is 0 Å². The number of fused-ring (bicyclic) bond motifs is 1. The summed E-state index contributed by atoms with van der Waals surface area (Å²) in [6, 6.07) is 18.8. The van der Waals surface area contributed by atoms with Gasteiger partial charge >= 0.3 is 6.09 Å². The summed E-state index contributed by atoms with van der Waals surface area (Å²) in [5.74, 6) is 0. The van der Waals surface area contributed by atoms with Crippen LogP contribution in [0.25, 0.3) is 22.0 Å². The Morgan fingerprint density at radius 2 is 1.76 bits per heavy atom. The van der Waals surface area contributed by atoms with E-state index in [1.165, 1.54) is 0 Å². The molecule has 2 aromatic carbocycles. The molecule has 4 rings (SSSR count). The molecule has 1 fully saturated rings. The van der Waals surface area contributed by atoms with Gasteiger partial charge in [-0.25, -0.2) is 4.79 Å². The van der Waals surface area contributed by atoms with Crippen molar-refractivity contribution in [2.24, 2.45) is 0 Å². The van der Waals surface area contributed by atoms with E-state index in [1.807, 2.05) is 44.9 Å². The zero-order valence-electron chi connectivity index (χ0n) is 21.0. The molecule has 5 nitrogen and oxygen atoms in total. The highest BCUT2D eigenvalue weighted by Gasteiger charge is 2.44.